The number of benzene rings is 2. The molecule has 0 aliphatic rings. The molecule has 0 aromatic heterocycles. The van der Waals surface area contributed by atoms with E-state index in [1.165, 1.54) is 6.08 Å². The molecule has 0 radical (unpaired) electrons. The zero-order chi connectivity index (χ0) is 24.1. The van der Waals surface area contributed by atoms with Crippen molar-refractivity contribution < 1.29 is 33.3 Å². The van der Waals surface area contributed by atoms with Crippen LogP contribution < -0.4 is 9.47 Å². The summed E-state index contributed by atoms with van der Waals surface area (Å²) in [5, 5.41) is 0. The van der Waals surface area contributed by atoms with Crippen molar-refractivity contribution in [3.63, 3.8) is 0 Å². The van der Waals surface area contributed by atoms with Crippen molar-refractivity contribution in [2.24, 2.45) is 0 Å². The van der Waals surface area contributed by atoms with Crippen LogP contribution in [-0.4, -0.2) is 37.7 Å². The van der Waals surface area contributed by atoms with E-state index in [0.717, 1.165) is 12.0 Å². The molecule has 0 atom stereocenters. The van der Waals surface area contributed by atoms with Crippen LogP contribution >= 0.6 is 0 Å². The Morgan fingerprint density at radius 1 is 0.879 bits per heavy atom. The molecule has 7 nitrogen and oxygen atoms in total. The molecule has 0 N–H and O–H groups in total. The number of esters is 3. The number of carbonyl (C=O) groups is 3. The highest BCUT2D eigenvalue weighted by Crippen LogP contribution is 2.17. The maximum atomic E-state index is 12.3. The second-order valence-electron chi connectivity index (χ2n) is 7.04. The first-order valence-electron chi connectivity index (χ1n) is 10.6. The van der Waals surface area contributed by atoms with Crippen LogP contribution in [0, 0.1) is 0 Å². The van der Waals surface area contributed by atoms with Crippen molar-refractivity contribution in [3.8, 4) is 11.5 Å². The molecule has 0 saturated heterocycles. The Balaban J connectivity index is 1.75. The maximum Gasteiger partial charge on any atom is 0.343 e. The predicted octanol–water partition coefficient (Wildman–Crippen LogP) is 4.76. The normalized spacial score (nSPS) is 10.5. The summed E-state index contributed by atoms with van der Waals surface area (Å²) in [7, 11) is 0. The lowest BCUT2D eigenvalue weighted by Crippen LogP contribution is -2.09. The lowest BCUT2D eigenvalue weighted by Gasteiger charge is -2.08. The first kappa shape index (κ1) is 25.4. The van der Waals surface area contributed by atoms with Gasteiger partial charge in [0.2, 0.25) is 0 Å². The molecule has 33 heavy (non-hydrogen) atoms. The van der Waals surface area contributed by atoms with Gasteiger partial charge < -0.3 is 18.9 Å². The number of hydrogen-bond donors (Lipinski definition) is 0. The third-order valence-electron chi connectivity index (χ3n) is 4.27. The minimum atomic E-state index is -0.490. The predicted molar refractivity (Wildman–Crippen MR) is 124 cm³/mol. The molecule has 0 unspecified atom stereocenters. The molecule has 2 rings (SSSR count). The first-order valence-corrected chi connectivity index (χ1v) is 10.6. The highest BCUT2D eigenvalue weighted by atomic mass is 16.5. The summed E-state index contributed by atoms with van der Waals surface area (Å²) in [5.41, 5.74) is 1.55. The third-order valence-corrected chi connectivity index (χ3v) is 4.27. The van der Waals surface area contributed by atoms with E-state index in [9.17, 15) is 14.4 Å². The van der Waals surface area contributed by atoms with E-state index in [1.54, 1.807) is 68.5 Å². The fraction of sp³-hybridized carbons (Fsp3) is 0.269. The first-order chi connectivity index (χ1) is 15.9. The van der Waals surface area contributed by atoms with Crippen LogP contribution in [0.25, 0.3) is 6.08 Å². The van der Waals surface area contributed by atoms with Gasteiger partial charge in [-0.1, -0.05) is 18.7 Å². The summed E-state index contributed by atoms with van der Waals surface area (Å²) in [6, 6.07) is 13.4. The van der Waals surface area contributed by atoms with E-state index in [2.05, 4.69) is 6.58 Å². The Morgan fingerprint density at radius 3 is 2.15 bits per heavy atom. The van der Waals surface area contributed by atoms with Crippen LogP contribution in [0.3, 0.4) is 0 Å². The second-order valence-corrected chi connectivity index (χ2v) is 7.04. The van der Waals surface area contributed by atoms with Crippen molar-refractivity contribution in [2.75, 3.05) is 19.8 Å². The van der Waals surface area contributed by atoms with E-state index in [4.69, 9.17) is 18.9 Å². The van der Waals surface area contributed by atoms with Gasteiger partial charge in [-0.2, -0.15) is 0 Å². The molecule has 174 valence electrons. The van der Waals surface area contributed by atoms with E-state index in [1.807, 2.05) is 0 Å². The van der Waals surface area contributed by atoms with Crippen molar-refractivity contribution in [1.29, 1.82) is 0 Å². The topological polar surface area (TPSA) is 88.1 Å². The van der Waals surface area contributed by atoms with Crippen LogP contribution in [0.1, 0.15) is 42.6 Å². The van der Waals surface area contributed by atoms with Gasteiger partial charge in [0.15, 0.2) is 0 Å². The van der Waals surface area contributed by atoms with E-state index in [0.29, 0.717) is 48.9 Å². The lowest BCUT2D eigenvalue weighted by atomic mass is 10.2. The lowest BCUT2D eigenvalue weighted by molar-refractivity contribution is -0.139. The maximum absolute atomic E-state index is 12.3. The third kappa shape index (κ3) is 9.43. The smallest absolute Gasteiger partial charge is 0.343 e. The molecule has 0 aliphatic heterocycles. The average Bonchev–Trinajstić information content (AvgIpc) is 2.81. The number of hydrogen-bond acceptors (Lipinski definition) is 7. The molecule has 0 spiro atoms. The minimum absolute atomic E-state index is 0.319. The molecule has 7 heteroatoms. The van der Waals surface area contributed by atoms with Gasteiger partial charge in [0.25, 0.3) is 0 Å². The summed E-state index contributed by atoms with van der Waals surface area (Å²) in [4.78, 5) is 35.0. The summed E-state index contributed by atoms with van der Waals surface area (Å²) in [6.45, 7) is 7.98. The molecule has 0 bridgehead atoms. The summed E-state index contributed by atoms with van der Waals surface area (Å²) < 4.78 is 20.9. The van der Waals surface area contributed by atoms with Gasteiger partial charge in [-0.05, 0) is 74.7 Å². The SMILES string of the molecule is C=C(C)C(=O)OCCCCOc1ccc(C(=O)Oc2ccc(C=CC(=O)OCC)cc2)cc1. The average molecular weight is 453 g/mol. The molecule has 0 amide bonds. The molecule has 0 heterocycles. The Hall–Kier alpha value is -3.87. The van der Waals surface area contributed by atoms with Crippen LogP contribution in [-0.2, 0) is 19.1 Å². The highest BCUT2D eigenvalue weighted by Gasteiger charge is 2.09. The Morgan fingerprint density at radius 2 is 1.52 bits per heavy atom. The Kier molecular flexibility index (Phi) is 10.4. The zero-order valence-electron chi connectivity index (χ0n) is 18.9. The van der Waals surface area contributed by atoms with Crippen LogP contribution in [0.15, 0.2) is 66.8 Å². The van der Waals surface area contributed by atoms with Crippen molar-refractivity contribution in [3.05, 3.63) is 77.9 Å². The molecule has 0 aliphatic carbocycles. The van der Waals surface area contributed by atoms with Gasteiger partial charge in [0.1, 0.15) is 11.5 Å². The molecule has 0 fully saturated rings. The molecule has 2 aromatic rings. The van der Waals surface area contributed by atoms with Crippen molar-refractivity contribution in [1.82, 2.24) is 0 Å². The number of ether oxygens (including phenoxy) is 4. The standard InChI is InChI=1S/C26H28O7/c1-4-30-24(27)16-9-20-7-12-23(13-8-20)33-26(29)21-10-14-22(15-11-21)31-17-5-6-18-32-25(28)19(2)3/h7-16H,2,4-6,17-18H2,1,3H3. The number of unbranched alkanes of at least 4 members (excludes halogenated alkanes) is 1. The van der Waals surface area contributed by atoms with E-state index < -0.39 is 11.9 Å². The Labute approximate surface area is 193 Å². The minimum Gasteiger partial charge on any atom is -0.494 e. The zero-order valence-corrected chi connectivity index (χ0v) is 18.9. The summed E-state index contributed by atoms with van der Waals surface area (Å²) >= 11 is 0. The fourth-order valence-corrected chi connectivity index (χ4v) is 2.54. The number of rotatable bonds is 12. The number of carbonyl (C=O) groups excluding carboxylic acids is 3. The van der Waals surface area contributed by atoms with E-state index >= 15 is 0 Å². The molecular formula is C26H28O7. The van der Waals surface area contributed by atoms with E-state index in [-0.39, 0.29) is 5.97 Å². The second kappa shape index (κ2) is 13.5. The quantitative estimate of drug-likeness (QED) is 0.199. The molecular weight excluding hydrogens is 424 g/mol. The van der Waals surface area contributed by atoms with Gasteiger partial charge in [0.05, 0.1) is 25.4 Å². The largest absolute Gasteiger partial charge is 0.494 e. The summed E-state index contributed by atoms with van der Waals surface area (Å²) in [5.74, 6) is -0.274. The summed E-state index contributed by atoms with van der Waals surface area (Å²) in [6.07, 6.45) is 4.36. The monoisotopic (exact) mass is 452 g/mol. The van der Waals surface area contributed by atoms with Crippen LogP contribution in [0.4, 0.5) is 0 Å². The van der Waals surface area contributed by atoms with Gasteiger partial charge in [0, 0.05) is 11.6 Å². The van der Waals surface area contributed by atoms with Gasteiger partial charge in [-0.25, -0.2) is 14.4 Å². The van der Waals surface area contributed by atoms with Crippen LogP contribution in [0.2, 0.25) is 0 Å². The van der Waals surface area contributed by atoms with Crippen LogP contribution in [0.5, 0.6) is 11.5 Å². The highest BCUT2D eigenvalue weighted by molar-refractivity contribution is 5.91. The molecule has 2 aromatic carbocycles. The van der Waals surface area contributed by atoms with Crippen molar-refractivity contribution in [2.45, 2.75) is 26.7 Å². The Bertz CT molecular complexity index is 973. The molecule has 0 saturated carbocycles. The van der Waals surface area contributed by atoms with Gasteiger partial charge >= 0.3 is 17.9 Å². The van der Waals surface area contributed by atoms with Gasteiger partial charge in [-0.15, -0.1) is 0 Å². The van der Waals surface area contributed by atoms with Crippen molar-refractivity contribution >= 4 is 24.0 Å². The fourth-order valence-electron chi connectivity index (χ4n) is 2.54. The van der Waals surface area contributed by atoms with Gasteiger partial charge in [-0.3, -0.25) is 0 Å².